The van der Waals surface area contributed by atoms with E-state index in [2.05, 4.69) is 15.5 Å². The molecular weight excluding hydrogens is 472 g/mol. The van der Waals surface area contributed by atoms with Crippen LogP contribution in [0.15, 0.2) is 91.0 Å². The number of hydrogen-bond donors (Lipinski definition) is 2. The Morgan fingerprint density at radius 1 is 0.811 bits per heavy atom. The minimum atomic E-state index is -0.746. The molecule has 0 radical (unpaired) electrons. The minimum absolute atomic E-state index is 0.204. The number of nitrogens with zero attached hydrogens (tertiary/aromatic N) is 1. The molecule has 0 saturated carbocycles. The molecule has 182 valence electrons. The molecule has 4 aromatic carbocycles. The first-order valence-corrected chi connectivity index (χ1v) is 11.6. The summed E-state index contributed by atoms with van der Waals surface area (Å²) in [5, 5.41) is 10.9. The summed E-state index contributed by atoms with van der Waals surface area (Å²) in [5.74, 6) is -2.17. The molecule has 5 rings (SSSR count). The lowest BCUT2D eigenvalue weighted by Crippen LogP contribution is -2.15. The summed E-state index contributed by atoms with van der Waals surface area (Å²) in [5.41, 5.74) is 4.02. The van der Waals surface area contributed by atoms with Gasteiger partial charge >= 0.3 is 0 Å². The van der Waals surface area contributed by atoms with Gasteiger partial charge in [0.2, 0.25) is 5.91 Å². The largest absolute Gasteiger partial charge is 0.326 e. The molecule has 1 aromatic heterocycles. The zero-order chi connectivity index (χ0) is 25.8. The van der Waals surface area contributed by atoms with Gasteiger partial charge in [-0.2, -0.15) is 5.10 Å². The quantitative estimate of drug-likeness (QED) is 0.257. The van der Waals surface area contributed by atoms with Crippen molar-refractivity contribution in [1.82, 2.24) is 10.2 Å². The summed E-state index contributed by atoms with van der Waals surface area (Å²) >= 11 is 0. The smallest absolute Gasteiger partial charge is 0.228 e. The van der Waals surface area contributed by atoms with Crippen LogP contribution in [0.25, 0.3) is 23.1 Å². The van der Waals surface area contributed by atoms with Crippen molar-refractivity contribution in [2.75, 3.05) is 5.32 Å². The molecule has 1 heterocycles. The molecule has 0 unspecified atom stereocenters. The van der Waals surface area contributed by atoms with Gasteiger partial charge in [-0.3, -0.25) is 14.7 Å². The number of ketones is 1. The second kappa shape index (κ2) is 10.4. The van der Waals surface area contributed by atoms with Crippen LogP contribution < -0.4 is 5.32 Å². The maximum absolute atomic E-state index is 13.4. The maximum Gasteiger partial charge on any atom is 0.228 e. The van der Waals surface area contributed by atoms with Crippen LogP contribution in [0, 0.1) is 11.6 Å². The number of benzene rings is 4. The van der Waals surface area contributed by atoms with Crippen LogP contribution in [0.4, 0.5) is 14.5 Å². The normalized spacial score (nSPS) is 11.2. The number of aromatic amines is 1. The van der Waals surface area contributed by atoms with Crippen molar-refractivity contribution in [3.05, 3.63) is 131 Å². The summed E-state index contributed by atoms with van der Waals surface area (Å²) in [4.78, 5) is 25.6. The molecule has 0 aliphatic heterocycles. The van der Waals surface area contributed by atoms with Gasteiger partial charge in [0.05, 0.1) is 17.6 Å². The molecule has 0 saturated heterocycles. The molecule has 2 N–H and O–H groups in total. The van der Waals surface area contributed by atoms with Crippen molar-refractivity contribution in [2.24, 2.45) is 0 Å². The number of aromatic nitrogens is 2. The molecule has 5 aromatic rings. The van der Waals surface area contributed by atoms with E-state index in [1.54, 1.807) is 36.4 Å². The van der Waals surface area contributed by atoms with E-state index in [-0.39, 0.29) is 17.8 Å². The first kappa shape index (κ1) is 23.8. The van der Waals surface area contributed by atoms with E-state index in [1.165, 1.54) is 0 Å². The average Bonchev–Trinajstić information content (AvgIpc) is 3.29. The topological polar surface area (TPSA) is 74.8 Å². The Bertz CT molecular complexity index is 1620. The maximum atomic E-state index is 13.4. The number of carbonyl (C=O) groups excluding carboxylic acids is 2. The van der Waals surface area contributed by atoms with Gasteiger partial charge in [-0.25, -0.2) is 8.78 Å². The molecule has 0 aliphatic rings. The van der Waals surface area contributed by atoms with Crippen molar-refractivity contribution in [3.63, 3.8) is 0 Å². The highest BCUT2D eigenvalue weighted by Crippen LogP contribution is 2.22. The minimum Gasteiger partial charge on any atom is -0.326 e. The third-order valence-corrected chi connectivity index (χ3v) is 5.78. The van der Waals surface area contributed by atoms with Crippen molar-refractivity contribution < 1.29 is 18.4 Å². The van der Waals surface area contributed by atoms with E-state index in [0.717, 1.165) is 40.4 Å². The van der Waals surface area contributed by atoms with Gasteiger partial charge in [0.25, 0.3) is 0 Å². The highest BCUT2D eigenvalue weighted by Gasteiger charge is 2.14. The van der Waals surface area contributed by atoms with Gasteiger partial charge in [0.1, 0.15) is 11.6 Å². The molecule has 0 aliphatic carbocycles. The number of fused-ring (bicyclic) bond motifs is 1. The lowest BCUT2D eigenvalue weighted by molar-refractivity contribution is -0.115. The van der Waals surface area contributed by atoms with Crippen LogP contribution in [0.5, 0.6) is 0 Å². The number of carbonyl (C=O) groups is 2. The van der Waals surface area contributed by atoms with E-state index in [0.29, 0.717) is 16.8 Å². The van der Waals surface area contributed by atoms with E-state index >= 15 is 0 Å². The third-order valence-electron chi connectivity index (χ3n) is 5.78. The summed E-state index contributed by atoms with van der Waals surface area (Å²) in [7, 11) is 0. The first-order chi connectivity index (χ1) is 17.9. The zero-order valence-electron chi connectivity index (χ0n) is 19.5. The number of H-pyrrole nitrogens is 1. The van der Waals surface area contributed by atoms with Gasteiger partial charge in [0, 0.05) is 28.3 Å². The monoisotopic (exact) mass is 493 g/mol. The fourth-order valence-corrected chi connectivity index (χ4v) is 4.06. The van der Waals surface area contributed by atoms with Crippen molar-refractivity contribution >= 4 is 40.4 Å². The number of anilines is 1. The van der Waals surface area contributed by atoms with Crippen molar-refractivity contribution in [1.29, 1.82) is 0 Å². The molecule has 37 heavy (non-hydrogen) atoms. The highest BCUT2D eigenvalue weighted by molar-refractivity contribution is 6.11. The van der Waals surface area contributed by atoms with Gasteiger partial charge in [0.15, 0.2) is 5.78 Å². The fourth-order valence-electron chi connectivity index (χ4n) is 4.06. The van der Waals surface area contributed by atoms with Crippen LogP contribution in [-0.2, 0) is 11.2 Å². The number of halogens is 2. The fraction of sp³-hybridized carbons (Fsp3) is 0.0333. The van der Waals surface area contributed by atoms with Gasteiger partial charge in [-0.15, -0.1) is 0 Å². The Kier molecular flexibility index (Phi) is 6.68. The SMILES string of the molecule is O=C(Cc1cc(F)cc(F)c1)Nc1cccc(C(=O)c2ccc3c(/C=C/c4ccccc4)n[nH]c3c2)c1. The average molecular weight is 494 g/mol. The predicted molar refractivity (Wildman–Crippen MR) is 140 cm³/mol. The Hall–Kier alpha value is -4.91. The molecule has 5 nitrogen and oxygen atoms in total. The predicted octanol–water partition coefficient (Wildman–Crippen LogP) is 6.42. The Morgan fingerprint density at radius 3 is 2.35 bits per heavy atom. The Balaban J connectivity index is 1.31. The summed E-state index contributed by atoms with van der Waals surface area (Å²) < 4.78 is 26.8. The molecule has 7 heteroatoms. The second-order valence-corrected chi connectivity index (χ2v) is 8.53. The van der Waals surface area contributed by atoms with Crippen LogP contribution in [0.3, 0.4) is 0 Å². The molecular formula is C30H21F2N3O2. The number of hydrogen-bond acceptors (Lipinski definition) is 3. The van der Waals surface area contributed by atoms with E-state index in [4.69, 9.17) is 0 Å². The van der Waals surface area contributed by atoms with E-state index in [9.17, 15) is 18.4 Å². The second-order valence-electron chi connectivity index (χ2n) is 8.53. The summed E-state index contributed by atoms with van der Waals surface area (Å²) in [6.45, 7) is 0. The molecule has 0 fully saturated rings. The van der Waals surface area contributed by atoms with Gasteiger partial charge < -0.3 is 5.32 Å². The van der Waals surface area contributed by atoms with E-state index < -0.39 is 17.5 Å². The van der Waals surface area contributed by atoms with Crippen molar-refractivity contribution in [3.8, 4) is 0 Å². The lowest BCUT2D eigenvalue weighted by Gasteiger charge is -2.08. The Labute approximate surface area is 211 Å². The van der Waals surface area contributed by atoms with Crippen LogP contribution in [-0.4, -0.2) is 21.9 Å². The Morgan fingerprint density at radius 2 is 1.57 bits per heavy atom. The lowest BCUT2D eigenvalue weighted by atomic mass is 10.0. The zero-order valence-corrected chi connectivity index (χ0v) is 19.5. The molecule has 0 bridgehead atoms. The standard InChI is InChI=1S/C30H21F2N3O2/c31-23-13-20(14-24(32)18-23)15-29(36)33-25-8-4-7-21(16-25)30(37)22-10-11-26-27(34-35-28(26)17-22)12-9-19-5-2-1-3-6-19/h1-14,16-18H,15H2,(H,33,36)(H,34,35)/b12-9+. The number of nitrogens with one attached hydrogen (secondary N) is 2. The van der Waals surface area contributed by atoms with Crippen LogP contribution in [0.2, 0.25) is 0 Å². The summed E-state index contributed by atoms with van der Waals surface area (Å²) in [6, 6.07) is 24.7. The van der Waals surface area contributed by atoms with Crippen molar-refractivity contribution in [2.45, 2.75) is 6.42 Å². The highest BCUT2D eigenvalue weighted by atomic mass is 19.1. The molecule has 0 spiro atoms. The molecule has 1 amide bonds. The third kappa shape index (κ3) is 5.67. The van der Waals surface area contributed by atoms with Gasteiger partial charge in [-0.05, 0) is 53.6 Å². The molecule has 0 atom stereocenters. The summed E-state index contributed by atoms with van der Waals surface area (Å²) in [6.07, 6.45) is 3.68. The number of amides is 1. The van der Waals surface area contributed by atoms with Crippen LogP contribution in [0.1, 0.15) is 32.7 Å². The van der Waals surface area contributed by atoms with E-state index in [1.807, 2.05) is 48.6 Å². The van der Waals surface area contributed by atoms with Crippen LogP contribution >= 0.6 is 0 Å². The first-order valence-electron chi connectivity index (χ1n) is 11.6. The van der Waals surface area contributed by atoms with Gasteiger partial charge in [-0.1, -0.05) is 54.6 Å². The number of rotatable bonds is 7.